The molecule has 1 heterocycles. The van der Waals surface area contributed by atoms with Gasteiger partial charge in [-0.25, -0.2) is 0 Å². The van der Waals surface area contributed by atoms with Crippen molar-refractivity contribution in [1.82, 2.24) is 4.57 Å². The van der Waals surface area contributed by atoms with E-state index in [1.165, 1.54) is 65.6 Å². The Morgan fingerprint density at radius 3 is 1.48 bits per heavy atom. The highest BCUT2D eigenvalue weighted by Crippen LogP contribution is 2.41. The molecule has 0 aliphatic rings. The molecule has 52 heavy (non-hydrogen) atoms. The number of fused-ring (bicyclic) bond motifs is 6. The number of hydrogen-bond acceptors (Lipinski definition) is 1. The van der Waals surface area contributed by atoms with Crippen molar-refractivity contribution in [1.29, 1.82) is 0 Å². The maximum atomic E-state index is 2.42. The SMILES string of the molecule is c1ccc(-c2ccc(N(c3ccc(-c4ccc(-n5c6ccccc6c6ccc7ccccc7c65)cc4)cc3)c3cccc4ccccc34)cc2)cc1. The molecule has 0 aliphatic heterocycles. The van der Waals surface area contributed by atoms with Gasteiger partial charge in [0, 0.05) is 38.6 Å². The lowest BCUT2D eigenvalue weighted by molar-refractivity contribution is 1.19. The monoisotopic (exact) mass is 662 g/mol. The van der Waals surface area contributed by atoms with Gasteiger partial charge in [0.25, 0.3) is 0 Å². The molecule has 0 radical (unpaired) electrons. The lowest BCUT2D eigenvalue weighted by atomic mass is 10.0. The fourth-order valence-electron chi connectivity index (χ4n) is 7.87. The van der Waals surface area contributed by atoms with Gasteiger partial charge in [-0.1, -0.05) is 158 Å². The normalized spacial score (nSPS) is 11.5. The standard InChI is InChI=1S/C50H34N2/c1-2-11-35(12-3-1)36-21-28-41(29-22-36)51(48-20-10-15-39-13-4-6-16-44(39)48)42-30-23-37(24-31-42)38-25-32-43(33-26-38)52-49-19-9-8-18-46(49)47-34-27-40-14-5-7-17-45(40)50(47)52/h1-34H. The van der Waals surface area contributed by atoms with Crippen LogP contribution in [0.2, 0.25) is 0 Å². The minimum absolute atomic E-state index is 1.11. The predicted molar refractivity (Wildman–Crippen MR) is 221 cm³/mol. The third-order valence-corrected chi connectivity index (χ3v) is 10.4. The molecular weight excluding hydrogens is 629 g/mol. The average molecular weight is 663 g/mol. The number of benzene rings is 9. The van der Waals surface area contributed by atoms with Gasteiger partial charge in [-0.15, -0.1) is 0 Å². The van der Waals surface area contributed by atoms with E-state index in [1.54, 1.807) is 0 Å². The van der Waals surface area contributed by atoms with Crippen LogP contribution in [0.4, 0.5) is 17.1 Å². The van der Waals surface area contributed by atoms with Crippen LogP contribution in [0.15, 0.2) is 206 Å². The van der Waals surface area contributed by atoms with E-state index >= 15 is 0 Å². The molecule has 2 heteroatoms. The molecule has 0 unspecified atom stereocenters. The van der Waals surface area contributed by atoms with Gasteiger partial charge in [0.05, 0.1) is 16.7 Å². The van der Waals surface area contributed by atoms with Gasteiger partial charge >= 0.3 is 0 Å². The summed E-state index contributed by atoms with van der Waals surface area (Å²) < 4.78 is 2.42. The molecule has 0 N–H and O–H groups in total. The second kappa shape index (κ2) is 12.5. The highest BCUT2D eigenvalue weighted by atomic mass is 15.1. The summed E-state index contributed by atoms with van der Waals surface area (Å²) in [6, 6.07) is 74.6. The van der Waals surface area contributed by atoms with Crippen molar-refractivity contribution < 1.29 is 0 Å². The maximum absolute atomic E-state index is 2.42. The van der Waals surface area contributed by atoms with E-state index in [4.69, 9.17) is 0 Å². The minimum atomic E-state index is 1.11. The Balaban J connectivity index is 1.04. The molecule has 0 saturated heterocycles. The summed E-state index contributed by atoms with van der Waals surface area (Å²) in [5, 5.41) is 7.50. The predicted octanol–water partition coefficient (Wildman–Crippen LogP) is 13.9. The second-order valence-electron chi connectivity index (χ2n) is 13.4. The van der Waals surface area contributed by atoms with Crippen LogP contribution in [0, 0.1) is 0 Å². The van der Waals surface area contributed by atoms with E-state index in [0.717, 1.165) is 22.7 Å². The van der Waals surface area contributed by atoms with Gasteiger partial charge in [-0.3, -0.25) is 0 Å². The number of aromatic nitrogens is 1. The van der Waals surface area contributed by atoms with Crippen LogP contribution < -0.4 is 4.90 Å². The van der Waals surface area contributed by atoms with Crippen molar-refractivity contribution in [2.24, 2.45) is 0 Å². The molecule has 244 valence electrons. The Kier molecular flexibility index (Phi) is 7.18. The summed E-state index contributed by atoms with van der Waals surface area (Å²) in [5.74, 6) is 0. The maximum Gasteiger partial charge on any atom is 0.0619 e. The lowest BCUT2D eigenvalue weighted by Crippen LogP contribution is -2.10. The van der Waals surface area contributed by atoms with Crippen molar-refractivity contribution in [2.45, 2.75) is 0 Å². The Morgan fingerprint density at radius 2 is 0.808 bits per heavy atom. The first-order chi connectivity index (χ1) is 25.8. The highest BCUT2D eigenvalue weighted by molar-refractivity contribution is 6.18. The average Bonchev–Trinajstić information content (AvgIpc) is 3.57. The fraction of sp³-hybridized carbons (Fsp3) is 0. The molecule has 9 aromatic carbocycles. The summed E-state index contributed by atoms with van der Waals surface area (Å²) >= 11 is 0. The zero-order valence-electron chi connectivity index (χ0n) is 28.5. The smallest absolute Gasteiger partial charge is 0.0619 e. The topological polar surface area (TPSA) is 8.17 Å². The zero-order valence-corrected chi connectivity index (χ0v) is 28.5. The molecule has 0 amide bonds. The summed E-state index contributed by atoms with van der Waals surface area (Å²) in [7, 11) is 0. The van der Waals surface area contributed by atoms with Gasteiger partial charge in [0.1, 0.15) is 0 Å². The van der Waals surface area contributed by atoms with E-state index in [2.05, 4.69) is 216 Å². The van der Waals surface area contributed by atoms with Gasteiger partial charge in [0.15, 0.2) is 0 Å². The molecule has 1 aromatic heterocycles. The number of anilines is 3. The van der Waals surface area contributed by atoms with Crippen LogP contribution >= 0.6 is 0 Å². The number of rotatable bonds is 6. The third kappa shape index (κ3) is 5.04. The van der Waals surface area contributed by atoms with Gasteiger partial charge < -0.3 is 9.47 Å². The fourth-order valence-corrected chi connectivity index (χ4v) is 7.87. The van der Waals surface area contributed by atoms with Crippen LogP contribution in [-0.4, -0.2) is 4.57 Å². The van der Waals surface area contributed by atoms with Crippen molar-refractivity contribution >= 4 is 60.4 Å². The molecule has 0 spiro atoms. The van der Waals surface area contributed by atoms with Crippen molar-refractivity contribution in [3.63, 3.8) is 0 Å². The zero-order chi connectivity index (χ0) is 34.4. The third-order valence-electron chi connectivity index (χ3n) is 10.4. The molecule has 0 fully saturated rings. The first-order valence-electron chi connectivity index (χ1n) is 17.9. The molecule has 0 saturated carbocycles. The Labute approximate surface area is 303 Å². The van der Waals surface area contributed by atoms with E-state index in [1.807, 2.05) is 0 Å². The van der Waals surface area contributed by atoms with E-state index in [0.29, 0.717) is 0 Å². The summed E-state index contributed by atoms with van der Waals surface area (Å²) in [4.78, 5) is 2.37. The van der Waals surface area contributed by atoms with Crippen molar-refractivity contribution in [3.8, 4) is 27.9 Å². The quantitative estimate of drug-likeness (QED) is 0.172. The summed E-state index contributed by atoms with van der Waals surface area (Å²) in [6.45, 7) is 0. The Morgan fingerprint density at radius 1 is 0.308 bits per heavy atom. The molecule has 0 bridgehead atoms. The highest BCUT2D eigenvalue weighted by Gasteiger charge is 2.17. The molecule has 0 aliphatic carbocycles. The van der Waals surface area contributed by atoms with E-state index in [9.17, 15) is 0 Å². The first-order valence-corrected chi connectivity index (χ1v) is 17.9. The Bertz CT molecular complexity index is 2860. The van der Waals surface area contributed by atoms with Crippen LogP contribution in [0.3, 0.4) is 0 Å². The van der Waals surface area contributed by atoms with E-state index < -0.39 is 0 Å². The molecule has 10 rings (SSSR count). The molecule has 10 aromatic rings. The van der Waals surface area contributed by atoms with E-state index in [-0.39, 0.29) is 0 Å². The largest absolute Gasteiger partial charge is 0.310 e. The summed E-state index contributed by atoms with van der Waals surface area (Å²) in [6.07, 6.45) is 0. The first kappa shape index (κ1) is 30.0. The second-order valence-corrected chi connectivity index (χ2v) is 13.4. The lowest BCUT2D eigenvalue weighted by Gasteiger charge is -2.27. The number of hydrogen-bond donors (Lipinski definition) is 0. The van der Waals surface area contributed by atoms with Crippen LogP contribution in [0.5, 0.6) is 0 Å². The Hall–Kier alpha value is -6.90. The van der Waals surface area contributed by atoms with Crippen molar-refractivity contribution in [2.75, 3.05) is 4.90 Å². The number of nitrogens with zero attached hydrogens (tertiary/aromatic N) is 2. The molecule has 0 atom stereocenters. The van der Waals surface area contributed by atoms with Crippen LogP contribution in [0.25, 0.3) is 71.3 Å². The van der Waals surface area contributed by atoms with Crippen molar-refractivity contribution in [3.05, 3.63) is 206 Å². The van der Waals surface area contributed by atoms with Gasteiger partial charge in [-0.05, 0) is 81.6 Å². The summed E-state index contributed by atoms with van der Waals surface area (Å²) in [5.41, 5.74) is 11.8. The van der Waals surface area contributed by atoms with Gasteiger partial charge in [0.2, 0.25) is 0 Å². The van der Waals surface area contributed by atoms with Crippen LogP contribution in [-0.2, 0) is 0 Å². The molecule has 2 nitrogen and oxygen atoms in total. The van der Waals surface area contributed by atoms with Crippen LogP contribution in [0.1, 0.15) is 0 Å². The minimum Gasteiger partial charge on any atom is -0.310 e. The number of para-hydroxylation sites is 1. The molecular formula is C50H34N2. The van der Waals surface area contributed by atoms with Gasteiger partial charge in [-0.2, -0.15) is 0 Å².